The normalized spacial score (nSPS) is 18.0. The molecule has 23 heavy (non-hydrogen) atoms. The number of hydrogen-bond acceptors (Lipinski definition) is 3. The number of amides is 1. The maximum Gasteiger partial charge on any atom is 0.227 e. The Bertz CT molecular complexity index is 687. The largest absolute Gasteiger partial charge is 0.340 e. The van der Waals surface area contributed by atoms with E-state index >= 15 is 0 Å². The summed E-state index contributed by atoms with van der Waals surface area (Å²) in [6.07, 6.45) is 6.03. The fourth-order valence-corrected chi connectivity index (χ4v) is 3.03. The van der Waals surface area contributed by atoms with Gasteiger partial charge in [0.1, 0.15) is 0 Å². The molecule has 3 rings (SSSR count). The van der Waals surface area contributed by atoms with E-state index in [0.717, 1.165) is 42.9 Å². The zero-order valence-electron chi connectivity index (χ0n) is 13.2. The summed E-state index contributed by atoms with van der Waals surface area (Å²) in [5.74, 6) is 0.167. The molecule has 1 aromatic heterocycles. The van der Waals surface area contributed by atoms with Crippen LogP contribution in [0.4, 0.5) is 4.39 Å². The topological polar surface area (TPSA) is 46.1 Å². The van der Waals surface area contributed by atoms with Gasteiger partial charge in [0, 0.05) is 18.2 Å². The average molecular weight is 313 g/mol. The smallest absolute Gasteiger partial charge is 0.227 e. The molecule has 0 saturated carbocycles. The number of likely N-dealkylation sites (tertiary alicyclic amines) is 1. The number of aromatic nitrogens is 2. The Balaban J connectivity index is 1.74. The summed E-state index contributed by atoms with van der Waals surface area (Å²) < 4.78 is 12.9. The van der Waals surface area contributed by atoms with Crippen LogP contribution in [0.3, 0.4) is 0 Å². The van der Waals surface area contributed by atoms with Crippen LogP contribution < -0.4 is 0 Å². The molecule has 1 amide bonds. The summed E-state index contributed by atoms with van der Waals surface area (Å²) in [5, 5.41) is 0. The fraction of sp³-hybridized carbons (Fsp3) is 0.389. The maximum atomic E-state index is 12.9. The molecule has 1 fully saturated rings. The van der Waals surface area contributed by atoms with E-state index in [9.17, 15) is 9.18 Å². The summed E-state index contributed by atoms with van der Waals surface area (Å²) in [5.41, 5.74) is 1.72. The molecule has 1 aromatic carbocycles. The maximum absolute atomic E-state index is 12.9. The molecule has 1 aliphatic heterocycles. The third kappa shape index (κ3) is 3.73. The van der Waals surface area contributed by atoms with Gasteiger partial charge in [-0.3, -0.25) is 4.79 Å². The van der Waals surface area contributed by atoms with E-state index in [1.165, 1.54) is 6.42 Å². The van der Waals surface area contributed by atoms with Crippen molar-refractivity contribution in [1.29, 1.82) is 0 Å². The van der Waals surface area contributed by atoms with Gasteiger partial charge in [-0.25, -0.2) is 14.4 Å². The number of hydrogen-bond donors (Lipinski definition) is 0. The molecule has 0 bridgehead atoms. The standard InChI is InChI=1S/C18H20FN3O/c1-13-5-2-3-8-22(13)17(23)10-14-6-4-7-15(9-14)18-20-11-16(19)12-21-18/h4,6-7,9,11-13H,2-3,5,8,10H2,1H3/t13-/m0/s1. The van der Waals surface area contributed by atoms with Gasteiger partial charge in [-0.05, 0) is 37.8 Å². The van der Waals surface area contributed by atoms with Crippen molar-refractivity contribution >= 4 is 5.91 Å². The zero-order valence-corrected chi connectivity index (χ0v) is 13.2. The molecule has 0 N–H and O–H groups in total. The predicted octanol–water partition coefficient (Wildman–Crippen LogP) is 3.23. The number of halogens is 1. The van der Waals surface area contributed by atoms with Crippen LogP contribution in [0.25, 0.3) is 11.4 Å². The quantitative estimate of drug-likeness (QED) is 0.874. The minimum absolute atomic E-state index is 0.161. The highest BCUT2D eigenvalue weighted by Gasteiger charge is 2.23. The van der Waals surface area contributed by atoms with Crippen molar-refractivity contribution in [2.45, 2.75) is 38.6 Å². The van der Waals surface area contributed by atoms with E-state index in [1.54, 1.807) is 0 Å². The summed E-state index contributed by atoms with van der Waals surface area (Å²) in [7, 11) is 0. The highest BCUT2D eigenvalue weighted by Crippen LogP contribution is 2.20. The van der Waals surface area contributed by atoms with Crippen LogP contribution in [0.1, 0.15) is 31.7 Å². The van der Waals surface area contributed by atoms with Crippen LogP contribution >= 0.6 is 0 Å². The van der Waals surface area contributed by atoms with E-state index in [-0.39, 0.29) is 5.91 Å². The van der Waals surface area contributed by atoms with Crippen LogP contribution in [0.5, 0.6) is 0 Å². The van der Waals surface area contributed by atoms with Gasteiger partial charge >= 0.3 is 0 Å². The minimum atomic E-state index is -0.459. The van der Waals surface area contributed by atoms with Crippen LogP contribution in [-0.4, -0.2) is 33.4 Å². The van der Waals surface area contributed by atoms with Gasteiger partial charge < -0.3 is 4.90 Å². The lowest BCUT2D eigenvalue weighted by molar-refractivity contribution is -0.133. The Labute approximate surface area is 135 Å². The molecule has 120 valence electrons. The van der Waals surface area contributed by atoms with Gasteiger partial charge in [0.05, 0.1) is 18.8 Å². The Kier molecular flexibility index (Phi) is 4.65. The third-order valence-electron chi connectivity index (χ3n) is 4.28. The first-order valence-electron chi connectivity index (χ1n) is 8.00. The Morgan fingerprint density at radius 1 is 1.30 bits per heavy atom. The first-order valence-corrected chi connectivity index (χ1v) is 8.00. The molecule has 1 atom stereocenters. The van der Waals surface area contributed by atoms with E-state index in [4.69, 9.17) is 0 Å². The molecule has 0 radical (unpaired) electrons. The highest BCUT2D eigenvalue weighted by molar-refractivity contribution is 5.79. The predicted molar refractivity (Wildman–Crippen MR) is 86.2 cm³/mol. The van der Waals surface area contributed by atoms with Crippen LogP contribution in [-0.2, 0) is 11.2 Å². The SMILES string of the molecule is C[C@H]1CCCCN1C(=O)Cc1cccc(-c2ncc(F)cn2)c1. The summed E-state index contributed by atoms with van der Waals surface area (Å²) in [6, 6.07) is 7.90. The Morgan fingerprint density at radius 3 is 2.83 bits per heavy atom. The third-order valence-corrected chi connectivity index (χ3v) is 4.28. The number of piperidine rings is 1. The molecule has 2 aromatic rings. The lowest BCUT2D eigenvalue weighted by Crippen LogP contribution is -2.42. The van der Waals surface area contributed by atoms with E-state index in [1.807, 2.05) is 29.2 Å². The second-order valence-corrected chi connectivity index (χ2v) is 6.03. The molecule has 2 heterocycles. The lowest BCUT2D eigenvalue weighted by atomic mass is 10.0. The molecule has 0 aliphatic carbocycles. The molecule has 0 spiro atoms. The molecule has 5 heteroatoms. The molecule has 1 saturated heterocycles. The second kappa shape index (κ2) is 6.86. The number of benzene rings is 1. The number of nitrogens with zero attached hydrogens (tertiary/aromatic N) is 3. The molecule has 1 aliphatic rings. The van der Waals surface area contributed by atoms with E-state index in [0.29, 0.717) is 18.3 Å². The van der Waals surface area contributed by atoms with Crippen molar-refractivity contribution in [3.05, 3.63) is 48.0 Å². The number of carbonyl (C=O) groups excluding carboxylic acids is 1. The van der Waals surface area contributed by atoms with Crippen LogP contribution in [0.2, 0.25) is 0 Å². The van der Waals surface area contributed by atoms with Gasteiger partial charge in [-0.2, -0.15) is 0 Å². The number of rotatable bonds is 3. The minimum Gasteiger partial charge on any atom is -0.340 e. The average Bonchev–Trinajstić information content (AvgIpc) is 2.56. The Morgan fingerprint density at radius 2 is 2.09 bits per heavy atom. The molecule has 0 unspecified atom stereocenters. The van der Waals surface area contributed by atoms with Gasteiger partial charge in [0.25, 0.3) is 0 Å². The van der Waals surface area contributed by atoms with E-state index in [2.05, 4.69) is 16.9 Å². The number of carbonyl (C=O) groups is 1. The first-order chi connectivity index (χ1) is 11.1. The molecule has 4 nitrogen and oxygen atoms in total. The van der Waals surface area contributed by atoms with Crippen LogP contribution in [0.15, 0.2) is 36.7 Å². The monoisotopic (exact) mass is 313 g/mol. The van der Waals surface area contributed by atoms with Gasteiger partial charge in [-0.15, -0.1) is 0 Å². The highest BCUT2D eigenvalue weighted by atomic mass is 19.1. The van der Waals surface area contributed by atoms with Crippen molar-refractivity contribution in [3.63, 3.8) is 0 Å². The van der Waals surface area contributed by atoms with E-state index < -0.39 is 5.82 Å². The van der Waals surface area contributed by atoms with Crippen LogP contribution in [0, 0.1) is 5.82 Å². The van der Waals surface area contributed by atoms with Crippen molar-refractivity contribution in [3.8, 4) is 11.4 Å². The Hall–Kier alpha value is -2.30. The van der Waals surface area contributed by atoms with Gasteiger partial charge in [0.15, 0.2) is 11.6 Å². The zero-order chi connectivity index (χ0) is 16.2. The summed E-state index contributed by atoms with van der Waals surface area (Å²) in [6.45, 7) is 2.96. The summed E-state index contributed by atoms with van der Waals surface area (Å²) >= 11 is 0. The molecular formula is C18H20FN3O. The lowest BCUT2D eigenvalue weighted by Gasteiger charge is -2.33. The van der Waals surface area contributed by atoms with Crippen molar-refractivity contribution in [2.24, 2.45) is 0 Å². The first kappa shape index (κ1) is 15.6. The summed E-state index contributed by atoms with van der Waals surface area (Å²) in [4.78, 5) is 22.5. The molecular weight excluding hydrogens is 293 g/mol. The van der Waals surface area contributed by atoms with Crippen molar-refractivity contribution in [2.75, 3.05) is 6.54 Å². The van der Waals surface area contributed by atoms with Crippen molar-refractivity contribution in [1.82, 2.24) is 14.9 Å². The van der Waals surface area contributed by atoms with Gasteiger partial charge in [-0.1, -0.05) is 18.2 Å². The van der Waals surface area contributed by atoms with Gasteiger partial charge in [0.2, 0.25) is 5.91 Å². The fourth-order valence-electron chi connectivity index (χ4n) is 3.03. The van der Waals surface area contributed by atoms with Crippen molar-refractivity contribution < 1.29 is 9.18 Å². The second-order valence-electron chi connectivity index (χ2n) is 6.03.